The van der Waals surface area contributed by atoms with Crippen LogP contribution in [0.2, 0.25) is 33.2 Å². The maximum absolute atomic E-state index is 13.7. The largest absolute Gasteiger partial charge is 0.785 e. The molecule has 0 saturated carbocycles. The molecule has 3 rings (SSSR count). The van der Waals surface area contributed by atoms with Crippen molar-refractivity contribution in [3.8, 4) is 5.75 Å². The highest BCUT2D eigenvalue weighted by molar-refractivity contribution is 7.90. The molecule has 2 aromatic rings. The smallest absolute Gasteiger partial charge is 0.269 e. The minimum Gasteiger partial charge on any atom is -0.785 e. The Balaban J connectivity index is 2.03. The van der Waals surface area contributed by atoms with Gasteiger partial charge in [-0.15, -0.1) is 0 Å². The summed E-state index contributed by atoms with van der Waals surface area (Å²) in [6.07, 6.45) is 0.499. The fraction of sp³-hybridized carbons (Fsp3) is 0.440. The molecule has 3 N–H and O–H groups in total. The van der Waals surface area contributed by atoms with E-state index in [9.17, 15) is 18.4 Å². The Labute approximate surface area is 256 Å². The Morgan fingerprint density at radius 2 is 1.65 bits per heavy atom. The third kappa shape index (κ3) is 7.80. The maximum Gasteiger partial charge on any atom is 0.269 e. The van der Waals surface area contributed by atoms with Gasteiger partial charge in [0.25, 0.3) is 18.3 Å². The van der Waals surface area contributed by atoms with Crippen LogP contribution in [0.15, 0.2) is 35.2 Å². The molecule has 40 heavy (non-hydrogen) atoms. The van der Waals surface area contributed by atoms with Gasteiger partial charge < -0.3 is 25.3 Å². The summed E-state index contributed by atoms with van der Waals surface area (Å²) in [6.45, 7) is 10.2. The lowest BCUT2D eigenvalue weighted by molar-refractivity contribution is -0.124. The maximum atomic E-state index is 13.7. The van der Waals surface area contributed by atoms with Gasteiger partial charge in [0.15, 0.2) is 5.11 Å². The van der Waals surface area contributed by atoms with E-state index in [-0.39, 0.29) is 62.5 Å². The van der Waals surface area contributed by atoms with Crippen molar-refractivity contribution in [2.45, 2.75) is 56.6 Å². The number of nitrogens with zero attached hydrogens (tertiary/aromatic N) is 1. The van der Waals surface area contributed by atoms with E-state index >= 15 is 0 Å². The summed E-state index contributed by atoms with van der Waals surface area (Å²) >= 11 is 24.3. The van der Waals surface area contributed by atoms with Crippen LogP contribution in [0.3, 0.4) is 0 Å². The quantitative estimate of drug-likeness (QED) is 0.215. The Hall–Kier alpha value is -1.64. The number of thiocarbonyl (C=S) groups is 1. The normalized spacial score (nSPS) is 15.4. The Morgan fingerprint density at radius 1 is 1.05 bits per heavy atom. The molecule has 0 spiro atoms. The number of carbonyl (C=O) groups is 1. The minimum atomic E-state index is -4.50. The van der Waals surface area contributed by atoms with Crippen LogP contribution in [-0.2, 0) is 14.8 Å². The van der Waals surface area contributed by atoms with Crippen molar-refractivity contribution < 1.29 is 17.6 Å². The fourth-order valence-electron chi connectivity index (χ4n) is 3.66. The Bertz CT molecular complexity index is 1400. The summed E-state index contributed by atoms with van der Waals surface area (Å²) in [5.41, 5.74) is 0.661. The van der Waals surface area contributed by atoms with E-state index in [0.29, 0.717) is 10.7 Å². The summed E-state index contributed by atoms with van der Waals surface area (Å²) < 4.78 is 36.0. The van der Waals surface area contributed by atoms with Crippen molar-refractivity contribution in [3.63, 3.8) is 0 Å². The molecule has 0 unspecified atom stereocenters. The lowest BCUT2D eigenvalue weighted by Crippen LogP contribution is -2.45. The molecule has 1 heterocycles. The molecule has 0 atom stereocenters. The Kier molecular flexibility index (Phi) is 10.4. The molecule has 1 fully saturated rings. The first-order valence-corrected chi connectivity index (χ1v) is 18.4. The third-order valence-corrected chi connectivity index (χ3v) is 14.2. The van der Waals surface area contributed by atoms with E-state index in [1.54, 1.807) is 24.3 Å². The van der Waals surface area contributed by atoms with E-state index in [1.807, 2.05) is 33.9 Å². The van der Waals surface area contributed by atoms with Crippen molar-refractivity contribution in [1.29, 1.82) is 0 Å². The molecule has 9 nitrogen and oxygen atoms in total. The van der Waals surface area contributed by atoms with E-state index in [0.717, 1.165) is 5.06 Å². The summed E-state index contributed by atoms with van der Waals surface area (Å²) in [6, 6.07) is 7.93. The molecule has 0 aromatic heterocycles. The highest BCUT2D eigenvalue weighted by Gasteiger charge is 2.42. The molecule has 1 aliphatic heterocycles. The standard InChI is InChI=1S/C25H32Cl3N4O5S2Si/c1-25(2,3)40(4,5)37-21-19(30-24(38)29-18-8-6-7-16(26)20(18)28)10-9-17(27)22(21)39(35,36)31-23(33)15-11-13-32(34)14-12-15/h6-10,15H,11-14H2,1-5H3,(H,31,33)(H2,29,30,38)/q-1. The van der Waals surface area contributed by atoms with Crippen LogP contribution in [-0.4, -0.2) is 45.9 Å². The SMILES string of the molecule is CC(C)(C)[Si](C)(C)Oc1c(NC(=S)Nc2cccc(Cl)c2Cl)ccc(Cl)c1S(=O)(=O)NC(=O)C1CCN([O-])CC1. The lowest BCUT2D eigenvalue weighted by Gasteiger charge is -2.38. The average molecular weight is 667 g/mol. The minimum absolute atomic E-state index is 0.0601. The van der Waals surface area contributed by atoms with Gasteiger partial charge in [-0.2, -0.15) is 0 Å². The number of piperidine rings is 1. The number of anilines is 2. The van der Waals surface area contributed by atoms with Crippen molar-refractivity contribution in [2.24, 2.45) is 5.92 Å². The number of benzene rings is 2. The first kappa shape index (κ1) is 32.9. The first-order chi connectivity index (χ1) is 18.4. The molecule has 1 aliphatic rings. The van der Waals surface area contributed by atoms with E-state index in [4.69, 9.17) is 51.4 Å². The van der Waals surface area contributed by atoms with Crippen LogP contribution >= 0.6 is 47.0 Å². The molecule has 2 aromatic carbocycles. The predicted octanol–water partition coefficient (Wildman–Crippen LogP) is 6.85. The zero-order valence-electron chi connectivity index (χ0n) is 22.7. The molecule has 220 valence electrons. The number of sulfonamides is 1. The number of amides is 1. The number of halogens is 3. The number of hydrogen-bond acceptors (Lipinski definition) is 7. The number of rotatable bonds is 7. The highest BCUT2D eigenvalue weighted by Crippen LogP contribution is 2.44. The van der Waals surface area contributed by atoms with Crippen LogP contribution < -0.4 is 19.8 Å². The molecular formula is C25H32Cl3N4O5S2Si-. The summed E-state index contributed by atoms with van der Waals surface area (Å²) in [5.74, 6) is -1.38. The van der Waals surface area contributed by atoms with Gasteiger partial charge in [-0.1, -0.05) is 61.6 Å². The second-order valence-electron chi connectivity index (χ2n) is 11.0. The van der Waals surface area contributed by atoms with Crippen LogP contribution in [0.1, 0.15) is 33.6 Å². The van der Waals surface area contributed by atoms with Crippen molar-refractivity contribution in [2.75, 3.05) is 23.7 Å². The highest BCUT2D eigenvalue weighted by atomic mass is 35.5. The molecular weight excluding hydrogens is 635 g/mol. The van der Waals surface area contributed by atoms with Gasteiger partial charge >= 0.3 is 0 Å². The number of hydroxylamine groups is 2. The van der Waals surface area contributed by atoms with Crippen molar-refractivity contribution >= 4 is 87.8 Å². The van der Waals surface area contributed by atoms with Crippen molar-refractivity contribution in [3.05, 3.63) is 50.6 Å². The van der Waals surface area contributed by atoms with Crippen molar-refractivity contribution in [1.82, 2.24) is 9.79 Å². The predicted molar refractivity (Wildman–Crippen MR) is 169 cm³/mol. The average Bonchev–Trinajstić information content (AvgIpc) is 2.83. The number of hydrogen-bond donors (Lipinski definition) is 3. The van der Waals surface area contributed by atoms with Gasteiger partial charge in [0.2, 0.25) is 5.91 Å². The second kappa shape index (κ2) is 12.7. The van der Waals surface area contributed by atoms with Gasteiger partial charge in [0.1, 0.15) is 10.6 Å². The van der Waals surface area contributed by atoms with E-state index in [2.05, 4.69) is 15.4 Å². The molecule has 0 aliphatic carbocycles. The molecule has 15 heteroatoms. The van der Waals surface area contributed by atoms with E-state index in [1.165, 1.54) is 6.07 Å². The number of carbonyl (C=O) groups excluding carboxylic acids is 1. The van der Waals surface area contributed by atoms with Gasteiger partial charge in [-0.3, -0.25) is 4.79 Å². The summed E-state index contributed by atoms with van der Waals surface area (Å²) in [4.78, 5) is 12.5. The summed E-state index contributed by atoms with van der Waals surface area (Å²) in [5, 5.41) is 18.5. The zero-order valence-corrected chi connectivity index (χ0v) is 27.6. The topological polar surface area (TPSA) is 123 Å². The molecule has 0 radical (unpaired) electrons. The number of nitrogens with one attached hydrogen (secondary N) is 3. The van der Waals surface area contributed by atoms with Crippen LogP contribution in [0.5, 0.6) is 5.75 Å². The van der Waals surface area contributed by atoms with Gasteiger partial charge in [-0.05, 0) is 80.5 Å². The first-order valence-electron chi connectivity index (χ1n) is 12.4. The van der Waals surface area contributed by atoms with Gasteiger partial charge in [0, 0.05) is 5.92 Å². The van der Waals surface area contributed by atoms with Gasteiger partial charge in [-0.25, -0.2) is 13.1 Å². The Morgan fingerprint density at radius 3 is 2.25 bits per heavy atom. The fourth-order valence-corrected chi connectivity index (χ4v) is 7.04. The molecule has 0 bridgehead atoms. The second-order valence-corrected chi connectivity index (χ2v) is 18.9. The lowest BCUT2D eigenvalue weighted by atomic mass is 9.97. The monoisotopic (exact) mass is 665 g/mol. The van der Waals surface area contributed by atoms with Gasteiger partial charge in [0.05, 0.1) is 26.4 Å². The van der Waals surface area contributed by atoms with Crippen LogP contribution in [0.25, 0.3) is 0 Å². The zero-order chi connectivity index (χ0) is 30.0. The van der Waals surface area contributed by atoms with E-state index < -0.39 is 30.2 Å². The van der Waals surface area contributed by atoms with Crippen LogP contribution in [0.4, 0.5) is 11.4 Å². The molecule has 1 saturated heterocycles. The van der Waals surface area contributed by atoms with Crippen LogP contribution in [0, 0.1) is 11.1 Å². The molecule has 1 amide bonds. The summed E-state index contributed by atoms with van der Waals surface area (Å²) in [7, 11) is -7.15. The third-order valence-electron chi connectivity index (χ3n) is 7.00.